The fourth-order valence-electron chi connectivity index (χ4n) is 3.52. The Kier molecular flexibility index (Phi) is 4.44. The first kappa shape index (κ1) is 16.4. The van der Waals surface area contributed by atoms with E-state index in [-0.39, 0.29) is 11.9 Å². The molecule has 1 aromatic carbocycles. The summed E-state index contributed by atoms with van der Waals surface area (Å²) in [7, 11) is 1.62. The minimum atomic E-state index is -0.00194. The highest BCUT2D eigenvalue weighted by atomic mass is 16.5. The van der Waals surface area contributed by atoms with Crippen LogP contribution in [0.5, 0.6) is 5.75 Å². The van der Waals surface area contributed by atoms with E-state index in [2.05, 4.69) is 4.98 Å². The standard InChI is InChI=1S/C21H20N2O3/c1-25-19-10-9-15(14-16(19)17-6-2-3-11-22-17)21(24)23-12-4-7-18(23)20-8-5-13-26-20/h2-3,5-6,8-11,13-14,18H,4,7,12H2,1H3/t18-/m1/s1. The van der Waals surface area contributed by atoms with E-state index >= 15 is 0 Å². The number of benzene rings is 1. The fourth-order valence-corrected chi connectivity index (χ4v) is 3.52. The predicted molar refractivity (Wildman–Crippen MR) is 97.9 cm³/mol. The second-order valence-corrected chi connectivity index (χ2v) is 6.30. The van der Waals surface area contributed by atoms with Gasteiger partial charge in [0, 0.05) is 23.9 Å². The molecule has 1 fully saturated rings. The number of pyridine rings is 1. The third kappa shape index (κ3) is 2.96. The Bertz CT molecular complexity index is 891. The maximum absolute atomic E-state index is 13.2. The summed E-state index contributed by atoms with van der Waals surface area (Å²) in [5.41, 5.74) is 2.22. The average molecular weight is 348 g/mol. The zero-order valence-electron chi connectivity index (χ0n) is 14.6. The lowest BCUT2D eigenvalue weighted by atomic mass is 10.0. The molecule has 3 aromatic rings. The Balaban J connectivity index is 1.68. The second kappa shape index (κ2) is 7.04. The molecule has 0 aliphatic carbocycles. The summed E-state index contributed by atoms with van der Waals surface area (Å²) >= 11 is 0. The van der Waals surface area contributed by atoms with E-state index in [9.17, 15) is 4.79 Å². The molecule has 0 unspecified atom stereocenters. The molecule has 1 atom stereocenters. The number of amides is 1. The van der Waals surface area contributed by atoms with Gasteiger partial charge in [-0.2, -0.15) is 0 Å². The van der Waals surface area contributed by atoms with Gasteiger partial charge < -0.3 is 14.1 Å². The molecule has 4 rings (SSSR count). The van der Waals surface area contributed by atoms with Gasteiger partial charge in [-0.15, -0.1) is 0 Å². The lowest BCUT2D eigenvalue weighted by Gasteiger charge is -2.23. The van der Waals surface area contributed by atoms with E-state index < -0.39 is 0 Å². The molecule has 0 saturated carbocycles. The van der Waals surface area contributed by atoms with Crippen molar-refractivity contribution in [3.05, 3.63) is 72.3 Å². The quantitative estimate of drug-likeness (QED) is 0.704. The zero-order valence-corrected chi connectivity index (χ0v) is 14.6. The minimum absolute atomic E-state index is 0.00194. The van der Waals surface area contributed by atoms with Crippen LogP contribution in [0.3, 0.4) is 0 Å². The van der Waals surface area contributed by atoms with Gasteiger partial charge in [-0.1, -0.05) is 6.07 Å². The van der Waals surface area contributed by atoms with Crippen molar-refractivity contribution in [1.82, 2.24) is 9.88 Å². The van der Waals surface area contributed by atoms with Gasteiger partial charge in [0.2, 0.25) is 0 Å². The van der Waals surface area contributed by atoms with Crippen LogP contribution in [0.4, 0.5) is 0 Å². The third-order valence-corrected chi connectivity index (χ3v) is 4.77. The van der Waals surface area contributed by atoms with Crippen molar-refractivity contribution in [2.45, 2.75) is 18.9 Å². The van der Waals surface area contributed by atoms with Crippen molar-refractivity contribution in [2.24, 2.45) is 0 Å². The van der Waals surface area contributed by atoms with E-state index in [4.69, 9.17) is 9.15 Å². The smallest absolute Gasteiger partial charge is 0.254 e. The molecule has 26 heavy (non-hydrogen) atoms. The maximum Gasteiger partial charge on any atom is 0.254 e. The van der Waals surface area contributed by atoms with Crippen LogP contribution in [0.1, 0.15) is 35.0 Å². The first-order chi connectivity index (χ1) is 12.8. The van der Waals surface area contributed by atoms with Gasteiger partial charge in [0.15, 0.2) is 0 Å². The van der Waals surface area contributed by atoms with Crippen molar-refractivity contribution >= 4 is 5.91 Å². The Hall–Kier alpha value is -3.08. The lowest BCUT2D eigenvalue weighted by Crippen LogP contribution is -2.30. The molecular weight excluding hydrogens is 328 g/mol. The average Bonchev–Trinajstić information content (AvgIpc) is 3.39. The third-order valence-electron chi connectivity index (χ3n) is 4.77. The van der Waals surface area contributed by atoms with Crippen LogP contribution >= 0.6 is 0 Å². The summed E-state index contributed by atoms with van der Waals surface area (Å²) in [5.74, 6) is 1.54. The SMILES string of the molecule is COc1ccc(C(=O)N2CCC[C@@H]2c2ccco2)cc1-c1ccccn1. The van der Waals surface area contributed by atoms with E-state index in [1.54, 1.807) is 19.6 Å². The molecule has 3 heterocycles. The largest absolute Gasteiger partial charge is 0.496 e. The molecule has 5 heteroatoms. The van der Waals surface area contributed by atoms with Gasteiger partial charge in [-0.3, -0.25) is 9.78 Å². The molecule has 5 nitrogen and oxygen atoms in total. The highest BCUT2D eigenvalue weighted by Crippen LogP contribution is 2.35. The fraction of sp³-hybridized carbons (Fsp3) is 0.238. The Labute approximate surface area is 152 Å². The number of likely N-dealkylation sites (tertiary alicyclic amines) is 1. The molecule has 1 saturated heterocycles. The van der Waals surface area contributed by atoms with Crippen molar-refractivity contribution in [3.63, 3.8) is 0 Å². The second-order valence-electron chi connectivity index (χ2n) is 6.30. The topological polar surface area (TPSA) is 55.6 Å². The summed E-state index contributed by atoms with van der Waals surface area (Å²) in [6, 6.07) is 15.0. The van der Waals surface area contributed by atoms with Crippen LogP contribution in [0.2, 0.25) is 0 Å². The van der Waals surface area contributed by atoms with Gasteiger partial charge >= 0.3 is 0 Å². The summed E-state index contributed by atoms with van der Waals surface area (Å²) in [4.78, 5) is 19.4. The molecule has 1 aliphatic rings. The van der Waals surface area contributed by atoms with Crippen LogP contribution < -0.4 is 4.74 Å². The number of ether oxygens (including phenoxy) is 1. The molecule has 1 amide bonds. The number of hydrogen-bond donors (Lipinski definition) is 0. The van der Waals surface area contributed by atoms with Crippen molar-refractivity contribution in [1.29, 1.82) is 0 Å². The molecule has 2 aromatic heterocycles. The highest BCUT2D eigenvalue weighted by Gasteiger charge is 2.32. The van der Waals surface area contributed by atoms with Gasteiger partial charge in [-0.25, -0.2) is 0 Å². The summed E-state index contributed by atoms with van der Waals surface area (Å²) in [5, 5.41) is 0. The Morgan fingerprint density at radius 3 is 2.88 bits per heavy atom. The maximum atomic E-state index is 13.2. The first-order valence-electron chi connectivity index (χ1n) is 8.72. The number of aromatic nitrogens is 1. The number of nitrogens with zero attached hydrogens (tertiary/aromatic N) is 2. The number of methoxy groups -OCH3 is 1. The predicted octanol–water partition coefficient (Wildman–Crippen LogP) is 4.33. The summed E-state index contributed by atoms with van der Waals surface area (Å²) in [6.45, 7) is 0.731. The number of carbonyl (C=O) groups is 1. The van der Waals surface area contributed by atoms with Crippen LogP contribution in [0.25, 0.3) is 11.3 Å². The summed E-state index contributed by atoms with van der Waals surface area (Å²) in [6.07, 6.45) is 5.28. The molecule has 0 N–H and O–H groups in total. The van der Waals surface area contributed by atoms with E-state index in [1.165, 1.54) is 0 Å². The lowest BCUT2D eigenvalue weighted by molar-refractivity contribution is 0.0720. The Morgan fingerprint density at radius 2 is 2.15 bits per heavy atom. The number of hydrogen-bond acceptors (Lipinski definition) is 4. The molecule has 0 bridgehead atoms. The van der Waals surface area contributed by atoms with Crippen LogP contribution in [0.15, 0.2) is 65.4 Å². The summed E-state index contributed by atoms with van der Waals surface area (Å²) < 4.78 is 11.0. The monoisotopic (exact) mass is 348 g/mol. The normalized spacial score (nSPS) is 16.7. The first-order valence-corrected chi connectivity index (χ1v) is 8.72. The number of rotatable bonds is 4. The molecule has 1 aliphatic heterocycles. The van der Waals surface area contributed by atoms with Gasteiger partial charge in [0.25, 0.3) is 5.91 Å². The van der Waals surface area contributed by atoms with Crippen molar-refractivity contribution in [2.75, 3.05) is 13.7 Å². The molecule has 0 spiro atoms. The van der Waals surface area contributed by atoms with Crippen molar-refractivity contribution < 1.29 is 13.9 Å². The van der Waals surface area contributed by atoms with E-state index in [0.29, 0.717) is 11.3 Å². The zero-order chi connectivity index (χ0) is 17.9. The van der Waals surface area contributed by atoms with Gasteiger partial charge in [0.05, 0.1) is 25.1 Å². The number of furan rings is 1. The van der Waals surface area contributed by atoms with E-state index in [0.717, 1.165) is 36.4 Å². The van der Waals surface area contributed by atoms with Gasteiger partial charge in [-0.05, 0) is 55.3 Å². The van der Waals surface area contributed by atoms with Crippen LogP contribution in [0, 0.1) is 0 Å². The Morgan fingerprint density at radius 1 is 1.23 bits per heavy atom. The van der Waals surface area contributed by atoms with Crippen molar-refractivity contribution in [3.8, 4) is 17.0 Å². The molecule has 0 radical (unpaired) electrons. The van der Waals surface area contributed by atoms with E-state index in [1.807, 2.05) is 53.4 Å². The minimum Gasteiger partial charge on any atom is -0.496 e. The van der Waals surface area contributed by atoms with Crippen LogP contribution in [-0.2, 0) is 0 Å². The number of carbonyl (C=O) groups excluding carboxylic acids is 1. The van der Waals surface area contributed by atoms with Crippen LogP contribution in [-0.4, -0.2) is 29.4 Å². The van der Waals surface area contributed by atoms with Gasteiger partial charge in [0.1, 0.15) is 11.5 Å². The molecule has 132 valence electrons. The highest BCUT2D eigenvalue weighted by molar-refractivity contribution is 5.96. The molecular formula is C21H20N2O3.